The van der Waals surface area contributed by atoms with Crippen LogP contribution in [-0.2, 0) is 16.0 Å². The van der Waals surface area contributed by atoms with Crippen LogP contribution in [0.1, 0.15) is 5.56 Å². The first-order valence-electron chi connectivity index (χ1n) is 8.14. The largest absolute Gasteiger partial charge is 0.491 e. The average Bonchev–Trinajstić information content (AvgIpc) is 2.62. The molecule has 0 aromatic heterocycles. The molecule has 0 aliphatic heterocycles. The second-order valence-electron chi connectivity index (χ2n) is 5.45. The molecule has 0 spiro atoms. The molecule has 25 heavy (non-hydrogen) atoms. The van der Waals surface area contributed by atoms with E-state index in [0.29, 0.717) is 26.2 Å². The van der Waals surface area contributed by atoms with E-state index in [9.17, 15) is 9.18 Å². The summed E-state index contributed by atoms with van der Waals surface area (Å²) in [6, 6.07) is 13.7. The van der Waals surface area contributed by atoms with Crippen molar-refractivity contribution in [2.45, 2.75) is 6.42 Å². The maximum absolute atomic E-state index is 12.8. The number of amides is 1. The topological polar surface area (TPSA) is 59.6 Å². The maximum atomic E-state index is 12.8. The Morgan fingerprint density at radius 3 is 2.68 bits per heavy atom. The van der Waals surface area contributed by atoms with E-state index in [4.69, 9.17) is 9.47 Å². The Labute approximate surface area is 147 Å². The minimum atomic E-state index is -0.259. The zero-order valence-electron chi connectivity index (χ0n) is 14.3. The van der Waals surface area contributed by atoms with Crippen LogP contribution in [-0.4, -0.2) is 39.3 Å². The fourth-order valence-electron chi connectivity index (χ4n) is 2.18. The molecular weight excluding hydrogens is 323 g/mol. The number of nitrogens with one attached hydrogen (secondary N) is 2. The molecule has 0 aliphatic carbocycles. The van der Waals surface area contributed by atoms with E-state index in [1.807, 2.05) is 24.3 Å². The van der Waals surface area contributed by atoms with Crippen molar-refractivity contribution in [3.63, 3.8) is 0 Å². The third-order valence-electron chi connectivity index (χ3n) is 3.49. The predicted molar refractivity (Wildman–Crippen MR) is 95.4 cm³/mol. The van der Waals surface area contributed by atoms with Crippen molar-refractivity contribution < 1.29 is 18.7 Å². The Bertz CT molecular complexity index is 662. The lowest BCUT2D eigenvalue weighted by Crippen LogP contribution is -2.31. The van der Waals surface area contributed by atoms with E-state index in [0.717, 1.165) is 17.0 Å². The lowest BCUT2D eigenvalue weighted by Gasteiger charge is -2.10. The highest BCUT2D eigenvalue weighted by Gasteiger charge is 2.02. The number of carbonyl (C=O) groups excluding carboxylic acids is 1. The molecule has 0 bridgehead atoms. The molecule has 0 radical (unpaired) electrons. The number of anilines is 1. The second kappa shape index (κ2) is 10.3. The van der Waals surface area contributed by atoms with E-state index >= 15 is 0 Å². The monoisotopic (exact) mass is 346 g/mol. The Kier molecular flexibility index (Phi) is 7.72. The van der Waals surface area contributed by atoms with Crippen molar-refractivity contribution in [3.05, 3.63) is 59.9 Å². The number of methoxy groups -OCH3 is 1. The maximum Gasteiger partial charge on any atom is 0.239 e. The van der Waals surface area contributed by atoms with Crippen LogP contribution in [0.5, 0.6) is 5.75 Å². The highest BCUT2D eigenvalue weighted by molar-refractivity contribution is 5.80. The molecule has 2 aromatic rings. The van der Waals surface area contributed by atoms with Crippen LogP contribution in [0.3, 0.4) is 0 Å². The van der Waals surface area contributed by atoms with Crippen LogP contribution in [0.2, 0.25) is 0 Å². The van der Waals surface area contributed by atoms with Crippen LogP contribution < -0.4 is 15.4 Å². The van der Waals surface area contributed by atoms with E-state index in [1.54, 1.807) is 19.2 Å². The summed E-state index contributed by atoms with van der Waals surface area (Å²) in [5.74, 6) is 0.358. The first kappa shape index (κ1) is 18.7. The van der Waals surface area contributed by atoms with E-state index in [1.165, 1.54) is 12.1 Å². The van der Waals surface area contributed by atoms with Gasteiger partial charge in [0.05, 0.1) is 13.2 Å². The average molecular weight is 346 g/mol. The first-order chi connectivity index (χ1) is 12.2. The van der Waals surface area contributed by atoms with E-state index in [2.05, 4.69) is 10.6 Å². The zero-order valence-corrected chi connectivity index (χ0v) is 14.3. The Hall–Kier alpha value is -2.60. The first-order valence-corrected chi connectivity index (χ1v) is 8.14. The minimum Gasteiger partial charge on any atom is -0.491 e. The molecule has 2 N–H and O–H groups in total. The molecule has 134 valence electrons. The van der Waals surface area contributed by atoms with Crippen molar-refractivity contribution >= 4 is 11.6 Å². The molecule has 2 aromatic carbocycles. The van der Waals surface area contributed by atoms with Crippen molar-refractivity contribution in [2.75, 3.05) is 38.7 Å². The number of hydrogen-bond acceptors (Lipinski definition) is 4. The van der Waals surface area contributed by atoms with Gasteiger partial charge in [0, 0.05) is 25.4 Å². The quantitative estimate of drug-likeness (QED) is 0.649. The predicted octanol–water partition coefficient (Wildman–Crippen LogP) is 2.62. The molecule has 1 amide bonds. The van der Waals surface area contributed by atoms with Gasteiger partial charge >= 0.3 is 0 Å². The summed E-state index contributed by atoms with van der Waals surface area (Å²) in [6.07, 6.45) is 0.662. The lowest BCUT2D eigenvalue weighted by molar-refractivity contribution is -0.119. The van der Waals surface area contributed by atoms with Gasteiger partial charge in [0.25, 0.3) is 0 Å². The fourth-order valence-corrected chi connectivity index (χ4v) is 2.18. The van der Waals surface area contributed by atoms with Gasteiger partial charge in [-0.15, -0.1) is 0 Å². The highest BCUT2D eigenvalue weighted by Crippen LogP contribution is 2.16. The Morgan fingerprint density at radius 2 is 1.92 bits per heavy atom. The molecule has 6 heteroatoms. The number of benzene rings is 2. The van der Waals surface area contributed by atoms with Crippen molar-refractivity contribution in [2.24, 2.45) is 0 Å². The van der Waals surface area contributed by atoms with Crippen LogP contribution in [0, 0.1) is 5.82 Å². The molecule has 0 fully saturated rings. The van der Waals surface area contributed by atoms with Gasteiger partial charge in [-0.3, -0.25) is 4.79 Å². The highest BCUT2D eigenvalue weighted by atomic mass is 19.1. The van der Waals surface area contributed by atoms with Crippen LogP contribution >= 0.6 is 0 Å². The summed E-state index contributed by atoms with van der Waals surface area (Å²) >= 11 is 0. The third-order valence-corrected chi connectivity index (χ3v) is 3.49. The van der Waals surface area contributed by atoms with Crippen LogP contribution in [0.25, 0.3) is 0 Å². The standard InChI is InChI=1S/C19H23FN2O3/c1-24-11-12-25-18-4-2-3-17(13-18)22-14-19(23)21-10-9-15-5-7-16(20)8-6-15/h2-8,13,22H,9-12,14H2,1H3,(H,21,23). The molecule has 0 saturated carbocycles. The Balaban J connectivity index is 1.68. The smallest absolute Gasteiger partial charge is 0.239 e. The Morgan fingerprint density at radius 1 is 1.12 bits per heavy atom. The summed E-state index contributed by atoms with van der Waals surface area (Å²) in [6.45, 7) is 1.68. The zero-order chi connectivity index (χ0) is 17.9. The molecular formula is C19H23FN2O3. The molecule has 0 saturated heterocycles. The van der Waals surface area contributed by atoms with Gasteiger partial charge in [0.2, 0.25) is 5.91 Å². The van der Waals surface area contributed by atoms with Crippen molar-refractivity contribution in [3.8, 4) is 5.75 Å². The van der Waals surface area contributed by atoms with Crippen LogP contribution in [0.4, 0.5) is 10.1 Å². The number of ether oxygens (including phenoxy) is 2. The number of carbonyl (C=O) groups is 1. The van der Waals surface area contributed by atoms with Gasteiger partial charge in [-0.05, 0) is 36.2 Å². The normalized spacial score (nSPS) is 10.3. The summed E-state index contributed by atoms with van der Waals surface area (Å²) < 4.78 is 23.3. The molecule has 0 unspecified atom stereocenters. The SMILES string of the molecule is COCCOc1cccc(NCC(=O)NCCc2ccc(F)cc2)c1. The molecule has 2 rings (SSSR count). The second-order valence-corrected chi connectivity index (χ2v) is 5.45. The summed E-state index contributed by atoms with van der Waals surface area (Å²) in [5, 5.41) is 5.89. The summed E-state index contributed by atoms with van der Waals surface area (Å²) in [5.41, 5.74) is 1.79. The molecule has 0 atom stereocenters. The van der Waals surface area contributed by atoms with Gasteiger partial charge in [0.1, 0.15) is 18.2 Å². The molecule has 0 heterocycles. The van der Waals surface area contributed by atoms with Crippen molar-refractivity contribution in [1.82, 2.24) is 5.32 Å². The number of halogens is 1. The van der Waals surface area contributed by atoms with Gasteiger partial charge in [-0.25, -0.2) is 4.39 Å². The summed E-state index contributed by atoms with van der Waals surface area (Å²) in [7, 11) is 1.62. The van der Waals surface area contributed by atoms with Gasteiger partial charge in [0.15, 0.2) is 0 Å². The summed E-state index contributed by atoms with van der Waals surface area (Å²) in [4.78, 5) is 11.9. The molecule has 5 nitrogen and oxygen atoms in total. The van der Waals surface area contributed by atoms with Gasteiger partial charge < -0.3 is 20.1 Å². The lowest BCUT2D eigenvalue weighted by atomic mass is 10.1. The minimum absolute atomic E-state index is 0.104. The van der Waals surface area contributed by atoms with E-state index in [-0.39, 0.29) is 18.3 Å². The number of rotatable bonds is 10. The van der Waals surface area contributed by atoms with Gasteiger partial charge in [-0.1, -0.05) is 18.2 Å². The molecule has 0 aliphatic rings. The third kappa shape index (κ3) is 7.22. The van der Waals surface area contributed by atoms with Crippen LogP contribution in [0.15, 0.2) is 48.5 Å². The van der Waals surface area contributed by atoms with Gasteiger partial charge in [-0.2, -0.15) is 0 Å². The fraction of sp³-hybridized carbons (Fsp3) is 0.316. The van der Waals surface area contributed by atoms with Crippen molar-refractivity contribution in [1.29, 1.82) is 0 Å². The number of hydrogen-bond donors (Lipinski definition) is 2. The van der Waals surface area contributed by atoms with E-state index < -0.39 is 0 Å².